The van der Waals surface area contributed by atoms with Crippen LogP contribution in [0.1, 0.15) is 32.9 Å². The van der Waals surface area contributed by atoms with E-state index in [0.717, 1.165) is 19.6 Å². The Kier molecular flexibility index (Phi) is 4.72. The maximum absolute atomic E-state index is 4.45. The fourth-order valence-corrected chi connectivity index (χ4v) is 2.52. The van der Waals surface area contributed by atoms with Gasteiger partial charge in [0.15, 0.2) is 0 Å². The third kappa shape index (κ3) is 3.53. The SMILES string of the molecule is CC(C)C1CN(Cc2ccccn2)C(C)CCN1. The molecule has 2 atom stereocenters. The average molecular weight is 247 g/mol. The van der Waals surface area contributed by atoms with Crippen molar-refractivity contribution in [3.8, 4) is 0 Å². The third-order valence-corrected chi connectivity index (χ3v) is 3.92. The minimum atomic E-state index is 0.596. The second-order valence-electron chi connectivity index (χ2n) is 5.69. The standard InChI is InChI=1S/C15H25N3/c1-12(2)15-11-18(13(3)7-9-17-15)10-14-6-4-5-8-16-14/h4-6,8,12-13,15,17H,7,9-11H2,1-3H3. The molecule has 0 spiro atoms. The molecule has 0 aliphatic carbocycles. The Balaban J connectivity index is 2.03. The van der Waals surface area contributed by atoms with Crippen molar-refractivity contribution in [1.82, 2.24) is 15.2 Å². The molecule has 1 aliphatic rings. The largest absolute Gasteiger partial charge is 0.312 e. The second kappa shape index (κ2) is 6.30. The predicted molar refractivity (Wildman–Crippen MR) is 75.4 cm³/mol. The van der Waals surface area contributed by atoms with Gasteiger partial charge in [0.1, 0.15) is 0 Å². The van der Waals surface area contributed by atoms with Gasteiger partial charge in [-0.3, -0.25) is 9.88 Å². The summed E-state index contributed by atoms with van der Waals surface area (Å²) >= 11 is 0. The van der Waals surface area contributed by atoms with E-state index in [2.05, 4.69) is 48.1 Å². The topological polar surface area (TPSA) is 28.2 Å². The monoisotopic (exact) mass is 247 g/mol. The summed E-state index contributed by atoms with van der Waals surface area (Å²) in [7, 11) is 0. The number of hydrogen-bond acceptors (Lipinski definition) is 3. The van der Waals surface area contributed by atoms with Crippen molar-refractivity contribution >= 4 is 0 Å². The molecular formula is C15H25N3. The van der Waals surface area contributed by atoms with E-state index in [1.807, 2.05) is 12.3 Å². The predicted octanol–water partition coefficient (Wildman–Crippen LogP) is 2.29. The molecule has 1 N–H and O–H groups in total. The Morgan fingerprint density at radius 1 is 1.44 bits per heavy atom. The van der Waals surface area contributed by atoms with E-state index in [-0.39, 0.29) is 0 Å². The first-order chi connectivity index (χ1) is 8.66. The Hall–Kier alpha value is -0.930. The molecule has 1 aromatic heterocycles. The summed E-state index contributed by atoms with van der Waals surface area (Å²) in [4.78, 5) is 7.01. The first-order valence-electron chi connectivity index (χ1n) is 7.04. The molecular weight excluding hydrogens is 222 g/mol. The maximum Gasteiger partial charge on any atom is 0.0544 e. The quantitative estimate of drug-likeness (QED) is 0.888. The lowest BCUT2D eigenvalue weighted by molar-refractivity contribution is 0.182. The van der Waals surface area contributed by atoms with E-state index < -0.39 is 0 Å². The molecule has 3 heteroatoms. The molecule has 1 fully saturated rings. The molecule has 0 aromatic carbocycles. The summed E-state index contributed by atoms with van der Waals surface area (Å²) in [5, 5.41) is 3.67. The van der Waals surface area contributed by atoms with Crippen LogP contribution in [0.25, 0.3) is 0 Å². The van der Waals surface area contributed by atoms with Gasteiger partial charge >= 0.3 is 0 Å². The highest BCUT2D eigenvalue weighted by Crippen LogP contribution is 2.15. The van der Waals surface area contributed by atoms with Crippen molar-refractivity contribution in [2.45, 2.75) is 45.8 Å². The molecule has 1 saturated heterocycles. The maximum atomic E-state index is 4.45. The summed E-state index contributed by atoms with van der Waals surface area (Å²) in [5.41, 5.74) is 1.17. The molecule has 3 nitrogen and oxygen atoms in total. The molecule has 1 aromatic rings. The zero-order valence-electron chi connectivity index (χ0n) is 11.8. The molecule has 1 aliphatic heterocycles. The average Bonchev–Trinajstić information content (AvgIpc) is 2.54. The van der Waals surface area contributed by atoms with E-state index in [9.17, 15) is 0 Å². The lowest BCUT2D eigenvalue weighted by atomic mass is 10.0. The van der Waals surface area contributed by atoms with Crippen LogP contribution in [-0.2, 0) is 6.54 Å². The van der Waals surface area contributed by atoms with E-state index in [1.54, 1.807) is 0 Å². The summed E-state index contributed by atoms with van der Waals surface area (Å²) < 4.78 is 0. The first kappa shape index (κ1) is 13.5. The van der Waals surface area contributed by atoms with E-state index >= 15 is 0 Å². The van der Waals surface area contributed by atoms with Crippen LogP contribution < -0.4 is 5.32 Å². The lowest BCUT2D eigenvalue weighted by Crippen LogP contribution is -2.42. The molecule has 2 rings (SSSR count). The number of nitrogens with one attached hydrogen (secondary N) is 1. The molecule has 2 heterocycles. The van der Waals surface area contributed by atoms with Gasteiger partial charge in [0.25, 0.3) is 0 Å². The highest BCUT2D eigenvalue weighted by atomic mass is 15.2. The highest BCUT2D eigenvalue weighted by Gasteiger charge is 2.24. The fraction of sp³-hybridized carbons (Fsp3) is 0.667. The van der Waals surface area contributed by atoms with Gasteiger partial charge in [-0.25, -0.2) is 0 Å². The smallest absolute Gasteiger partial charge is 0.0544 e. The van der Waals surface area contributed by atoms with E-state index in [4.69, 9.17) is 0 Å². The molecule has 0 bridgehead atoms. The van der Waals surface area contributed by atoms with Crippen LogP contribution in [-0.4, -0.2) is 35.1 Å². The normalized spacial score (nSPS) is 26.2. The van der Waals surface area contributed by atoms with Crippen LogP contribution in [0.4, 0.5) is 0 Å². The van der Waals surface area contributed by atoms with E-state index in [0.29, 0.717) is 18.0 Å². The second-order valence-corrected chi connectivity index (χ2v) is 5.69. The molecule has 0 amide bonds. The van der Waals surface area contributed by atoms with Crippen molar-refractivity contribution in [2.75, 3.05) is 13.1 Å². The van der Waals surface area contributed by atoms with Crippen molar-refractivity contribution < 1.29 is 0 Å². The van der Waals surface area contributed by atoms with Crippen LogP contribution in [0, 0.1) is 5.92 Å². The van der Waals surface area contributed by atoms with Crippen LogP contribution in [0.15, 0.2) is 24.4 Å². The summed E-state index contributed by atoms with van der Waals surface area (Å²) in [5.74, 6) is 0.682. The highest BCUT2D eigenvalue weighted by molar-refractivity contribution is 5.04. The van der Waals surface area contributed by atoms with Gasteiger partial charge in [0.2, 0.25) is 0 Å². The number of rotatable bonds is 3. The van der Waals surface area contributed by atoms with Gasteiger partial charge in [-0.2, -0.15) is 0 Å². The lowest BCUT2D eigenvalue weighted by Gasteiger charge is -2.30. The third-order valence-electron chi connectivity index (χ3n) is 3.92. The molecule has 0 saturated carbocycles. The minimum Gasteiger partial charge on any atom is -0.312 e. The summed E-state index contributed by atoms with van der Waals surface area (Å²) in [6, 6.07) is 7.40. The minimum absolute atomic E-state index is 0.596. The Labute approximate surface area is 111 Å². The Bertz CT molecular complexity index is 350. The zero-order valence-corrected chi connectivity index (χ0v) is 11.8. The van der Waals surface area contributed by atoms with Gasteiger partial charge in [0, 0.05) is 31.4 Å². The zero-order chi connectivity index (χ0) is 13.0. The van der Waals surface area contributed by atoms with Crippen LogP contribution in [0.5, 0.6) is 0 Å². The Morgan fingerprint density at radius 3 is 2.94 bits per heavy atom. The van der Waals surface area contributed by atoms with Crippen LogP contribution in [0.3, 0.4) is 0 Å². The number of aromatic nitrogens is 1. The van der Waals surface area contributed by atoms with Gasteiger partial charge in [-0.15, -0.1) is 0 Å². The first-order valence-corrected chi connectivity index (χ1v) is 7.04. The van der Waals surface area contributed by atoms with Gasteiger partial charge in [0.05, 0.1) is 5.69 Å². The number of nitrogens with zero attached hydrogens (tertiary/aromatic N) is 2. The van der Waals surface area contributed by atoms with Crippen molar-refractivity contribution in [1.29, 1.82) is 0 Å². The molecule has 18 heavy (non-hydrogen) atoms. The molecule has 0 radical (unpaired) electrons. The van der Waals surface area contributed by atoms with Gasteiger partial charge in [-0.05, 0) is 37.9 Å². The number of pyridine rings is 1. The molecule has 100 valence electrons. The summed E-state index contributed by atoms with van der Waals surface area (Å²) in [6.07, 6.45) is 3.10. The van der Waals surface area contributed by atoms with Crippen molar-refractivity contribution in [2.24, 2.45) is 5.92 Å². The Morgan fingerprint density at radius 2 is 2.28 bits per heavy atom. The fourth-order valence-electron chi connectivity index (χ4n) is 2.52. The van der Waals surface area contributed by atoms with Crippen molar-refractivity contribution in [3.63, 3.8) is 0 Å². The van der Waals surface area contributed by atoms with E-state index in [1.165, 1.54) is 12.1 Å². The van der Waals surface area contributed by atoms with Gasteiger partial charge in [-0.1, -0.05) is 19.9 Å². The summed E-state index contributed by atoms with van der Waals surface area (Å²) in [6.45, 7) is 10.1. The van der Waals surface area contributed by atoms with Crippen molar-refractivity contribution in [3.05, 3.63) is 30.1 Å². The van der Waals surface area contributed by atoms with Gasteiger partial charge < -0.3 is 5.32 Å². The number of hydrogen-bond donors (Lipinski definition) is 1. The molecule has 2 unspecified atom stereocenters. The van der Waals surface area contributed by atoms with Crippen LogP contribution in [0.2, 0.25) is 0 Å². The van der Waals surface area contributed by atoms with Crippen LogP contribution >= 0.6 is 0 Å².